The van der Waals surface area contributed by atoms with Crippen molar-refractivity contribution in [2.75, 3.05) is 19.6 Å². The highest BCUT2D eigenvalue weighted by molar-refractivity contribution is 5.69. The summed E-state index contributed by atoms with van der Waals surface area (Å²) in [7, 11) is 0. The molecule has 2 fully saturated rings. The Morgan fingerprint density at radius 2 is 2.16 bits per heavy atom. The topological polar surface area (TPSA) is 41.6 Å². The highest BCUT2D eigenvalue weighted by Crippen LogP contribution is 2.34. The molecular formula is C15H20N2O2. The van der Waals surface area contributed by atoms with Crippen LogP contribution in [-0.2, 0) is 11.3 Å². The molecule has 2 saturated heterocycles. The Morgan fingerprint density at radius 1 is 1.32 bits per heavy atom. The van der Waals surface area contributed by atoms with E-state index in [1.807, 2.05) is 35.2 Å². The van der Waals surface area contributed by atoms with Crippen molar-refractivity contribution in [3.05, 3.63) is 35.9 Å². The third-order valence-corrected chi connectivity index (χ3v) is 4.24. The molecule has 1 amide bonds. The largest absolute Gasteiger partial charge is 0.445 e. The van der Waals surface area contributed by atoms with Crippen LogP contribution in [0.15, 0.2) is 30.3 Å². The molecule has 4 nitrogen and oxygen atoms in total. The van der Waals surface area contributed by atoms with Gasteiger partial charge in [0.25, 0.3) is 0 Å². The van der Waals surface area contributed by atoms with Crippen LogP contribution in [-0.4, -0.2) is 36.2 Å². The highest BCUT2D eigenvalue weighted by atomic mass is 16.6. The van der Waals surface area contributed by atoms with E-state index in [1.54, 1.807) is 0 Å². The van der Waals surface area contributed by atoms with Crippen molar-refractivity contribution in [3.63, 3.8) is 0 Å². The predicted octanol–water partition coefficient (Wildman–Crippen LogP) is 2.15. The third kappa shape index (κ3) is 2.45. The number of rotatable bonds is 2. The molecule has 0 radical (unpaired) electrons. The number of nitrogens with one attached hydrogen (secondary N) is 1. The molecule has 4 heteroatoms. The van der Waals surface area contributed by atoms with Crippen LogP contribution in [0.1, 0.15) is 24.8 Å². The van der Waals surface area contributed by atoms with E-state index in [4.69, 9.17) is 4.74 Å². The smallest absolute Gasteiger partial charge is 0.410 e. The Kier molecular flexibility index (Phi) is 3.42. The van der Waals surface area contributed by atoms with E-state index >= 15 is 0 Å². The average molecular weight is 260 g/mol. The Balaban J connectivity index is 1.61. The molecule has 1 aromatic rings. The fraction of sp³-hybridized carbons (Fsp3) is 0.533. The lowest BCUT2D eigenvalue weighted by Gasteiger charge is -2.33. The second-order valence-electron chi connectivity index (χ2n) is 5.45. The number of amides is 1. The first kappa shape index (κ1) is 12.5. The normalized spacial score (nSPS) is 26.0. The summed E-state index contributed by atoms with van der Waals surface area (Å²) < 4.78 is 5.46. The van der Waals surface area contributed by atoms with E-state index in [9.17, 15) is 4.79 Å². The molecule has 2 heterocycles. The van der Waals surface area contributed by atoms with Gasteiger partial charge in [-0.3, -0.25) is 0 Å². The van der Waals surface area contributed by atoms with Gasteiger partial charge in [-0.2, -0.15) is 0 Å². The number of hydrogen-bond donors (Lipinski definition) is 1. The summed E-state index contributed by atoms with van der Waals surface area (Å²) in [5.74, 6) is 0. The SMILES string of the molecule is O=C(OCc1ccccc1)N1CCC[C@@]12CCNC2. The molecular weight excluding hydrogens is 240 g/mol. The van der Waals surface area contributed by atoms with Crippen molar-refractivity contribution in [2.24, 2.45) is 0 Å². The second-order valence-corrected chi connectivity index (χ2v) is 5.45. The van der Waals surface area contributed by atoms with Crippen molar-refractivity contribution >= 4 is 6.09 Å². The molecule has 2 aliphatic rings. The molecule has 0 saturated carbocycles. The molecule has 0 aliphatic carbocycles. The van der Waals surface area contributed by atoms with E-state index in [1.165, 1.54) is 0 Å². The van der Waals surface area contributed by atoms with Crippen LogP contribution in [0.3, 0.4) is 0 Å². The van der Waals surface area contributed by atoms with E-state index in [2.05, 4.69) is 5.32 Å². The monoisotopic (exact) mass is 260 g/mol. The first-order valence-corrected chi connectivity index (χ1v) is 6.99. The van der Waals surface area contributed by atoms with Crippen LogP contribution in [0.2, 0.25) is 0 Å². The summed E-state index contributed by atoms with van der Waals surface area (Å²) in [6.07, 6.45) is 3.07. The fourth-order valence-corrected chi connectivity index (χ4v) is 3.19. The number of carbonyl (C=O) groups excluding carboxylic acids is 1. The Morgan fingerprint density at radius 3 is 2.89 bits per heavy atom. The Hall–Kier alpha value is -1.55. The molecule has 0 unspecified atom stereocenters. The molecule has 102 valence electrons. The van der Waals surface area contributed by atoms with Crippen molar-refractivity contribution in [1.82, 2.24) is 10.2 Å². The number of ether oxygens (including phenoxy) is 1. The zero-order valence-electron chi connectivity index (χ0n) is 11.1. The van der Waals surface area contributed by atoms with Crippen molar-refractivity contribution in [1.29, 1.82) is 0 Å². The van der Waals surface area contributed by atoms with Crippen LogP contribution in [0.25, 0.3) is 0 Å². The van der Waals surface area contributed by atoms with Gasteiger partial charge in [0, 0.05) is 13.1 Å². The number of benzene rings is 1. The lowest BCUT2D eigenvalue weighted by atomic mass is 9.96. The maximum atomic E-state index is 12.3. The number of carbonyl (C=O) groups is 1. The molecule has 0 aromatic heterocycles. The molecule has 1 N–H and O–H groups in total. The summed E-state index contributed by atoms with van der Waals surface area (Å²) >= 11 is 0. The van der Waals surface area contributed by atoms with E-state index < -0.39 is 0 Å². The zero-order chi connectivity index (χ0) is 13.1. The maximum Gasteiger partial charge on any atom is 0.410 e. The van der Waals surface area contributed by atoms with E-state index in [0.717, 1.165) is 44.5 Å². The molecule has 1 aromatic carbocycles. The quantitative estimate of drug-likeness (QED) is 0.886. The number of nitrogens with zero attached hydrogens (tertiary/aromatic N) is 1. The fourth-order valence-electron chi connectivity index (χ4n) is 3.19. The number of hydrogen-bond acceptors (Lipinski definition) is 3. The summed E-state index contributed by atoms with van der Waals surface area (Å²) in [6, 6.07) is 9.84. The Bertz CT molecular complexity index is 435. The molecule has 19 heavy (non-hydrogen) atoms. The van der Waals surface area contributed by atoms with Gasteiger partial charge >= 0.3 is 6.09 Å². The van der Waals surface area contributed by atoms with Crippen LogP contribution < -0.4 is 5.32 Å². The second kappa shape index (κ2) is 5.21. The van der Waals surface area contributed by atoms with Gasteiger partial charge in [0.2, 0.25) is 0 Å². The van der Waals surface area contributed by atoms with Crippen LogP contribution in [0.5, 0.6) is 0 Å². The molecule has 3 rings (SSSR count). The summed E-state index contributed by atoms with van der Waals surface area (Å²) in [5, 5.41) is 3.36. The van der Waals surface area contributed by atoms with Gasteiger partial charge in [-0.05, 0) is 31.4 Å². The summed E-state index contributed by atoms with van der Waals surface area (Å²) in [5.41, 5.74) is 1.06. The Labute approximate surface area is 113 Å². The first-order valence-electron chi connectivity index (χ1n) is 6.99. The molecule has 2 aliphatic heterocycles. The molecule has 1 spiro atoms. The minimum Gasteiger partial charge on any atom is -0.445 e. The van der Waals surface area contributed by atoms with Gasteiger partial charge in [0.15, 0.2) is 0 Å². The van der Waals surface area contributed by atoms with Crippen molar-refractivity contribution in [3.8, 4) is 0 Å². The van der Waals surface area contributed by atoms with Gasteiger partial charge < -0.3 is 15.0 Å². The van der Waals surface area contributed by atoms with Gasteiger partial charge in [-0.1, -0.05) is 30.3 Å². The minimum atomic E-state index is -0.162. The summed E-state index contributed by atoms with van der Waals surface area (Å²) in [6.45, 7) is 3.10. The van der Waals surface area contributed by atoms with E-state index in [-0.39, 0.29) is 11.6 Å². The summed E-state index contributed by atoms with van der Waals surface area (Å²) in [4.78, 5) is 14.2. The van der Waals surface area contributed by atoms with E-state index in [0.29, 0.717) is 6.61 Å². The van der Waals surface area contributed by atoms with Crippen LogP contribution in [0.4, 0.5) is 4.79 Å². The molecule has 0 bridgehead atoms. The first-order chi connectivity index (χ1) is 9.30. The van der Waals surface area contributed by atoms with Crippen LogP contribution in [0, 0.1) is 0 Å². The predicted molar refractivity (Wildman–Crippen MR) is 72.8 cm³/mol. The van der Waals surface area contributed by atoms with Crippen molar-refractivity contribution < 1.29 is 9.53 Å². The average Bonchev–Trinajstić information content (AvgIpc) is 3.08. The van der Waals surface area contributed by atoms with Gasteiger partial charge in [-0.25, -0.2) is 4.79 Å². The molecule has 1 atom stereocenters. The van der Waals surface area contributed by atoms with Gasteiger partial charge in [-0.15, -0.1) is 0 Å². The van der Waals surface area contributed by atoms with Gasteiger partial charge in [0.05, 0.1) is 5.54 Å². The zero-order valence-corrected chi connectivity index (χ0v) is 11.1. The standard InChI is InChI=1S/C15H20N2O2/c18-14(19-11-13-5-2-1-3-6-13)17-10-4-7-15(17)8-9-16-12-15/h1-3,5-6,16H,4,7-12H2/t15-/m0/s1. The van der Waals surface area contributed by atoms with Crippen molar-refractivity contribution in [2.45, 2.75) is 31.4 Å². The number of likely N-dealkylation sites (tertiary alicyclic amines) is 1. The third-order valence-electron chi connectivity index (χ3n) is 4.24. The minimum absolute atomic E-state index is 0.0216. The lowest BCUT2D eigenvalue weighted by molar-refractivity contribution is 0.0704. The lowest BCUT2D eigenvalue weighted by Crippen LogP contribution is -2.48. The van der Waals surface area contributed by atoms with Crippen LogP contribution >= 0.6 is 0 Å². The van der Waals surface area contributed by atoms with Gasteiger partial charge in [0.1, 0.15) is 6.61 Å². The highest BCUT2D eigenvalue weighted by Gasteiger charge is 2.46. The maximum absolute atomic E-state index is 12.3.